The zero-order valence-corrected chi connectivity index (χ0v) is 11.4. The molecular formula is C14H26N2O2. The standard InChI is InChI=1S/C14H26N2O2/c1-18-14(7-2-8-14)10-16-13(17)12-5-3-11(9-15)4-6-12/h11-12H,2-10,15H2,1H3,(H,16,17). The summed E-state index contributed by atoms with van der Waals surface area (Å²) in [5.41, 5.74) is 5.60. The number of carbonyl (C=O) groups is 1. The first-order valence-electron chi connectivity index (χ1n) is 7.22. The van der Waals surface area contributed by atoms with E-state index in [1.54, 1.807) is 7.11 Å². The van der Waals surface area contributed by atoms with Gasteiger partial charge in [0, 0.05) is 19.6 Å². The molecule has 104 valence electrons. The van der Waals surface area contributed by atoms with Crippen LogP contribution < -0.4 is 11.1 Å². The molecular weight excluding hydrogens is 228 g/mol. The zero-order chi connectivity index (χ0) is 13.0. The van der Waals surface area contributed by atoms with Crippen molar-refractivity contribution in [2.24, 2.45) is 17.6 Å². The molecule has 3 N–H and O–H groups in total. The van der Waals surface area contributed by atoms with E-state index in [0.717, 1.165) is 45.1 Å². The van der Waals surface area contributed by atoms with Gasteiger partial charge in [-0.25, -0.2) is 0 Å². The first-order chi connectivity index (χ1) is 8.69. The third kappa shape index (κ3) is 3.04. The van der Waals surface area contributed by atoms with Crippen molar-refractivity contribution < 1.29 is 9.53 Å². The molecule has 0 aromatic carbocycles. The number of nitrogens with one attached hydrogen (secondary N) is 1. The van der Waals surface area contributed by atoms with E-state index < -0.39 is 0 Å². The predicted octanol–water partition coefficient (Wildman–Crippen LogP) is 1.44. The number of hydrogen-bond acceptors (Lipinski definition) is 3. The van der Waals surface area contributed by atoms with E-state index in [4.69, 9.17) is 10.5 Å². The van der Waals surface area contributed by atoms with Gasteiger partial charge in [-0.1, -0.05) is 0 Å². The van der Waals surface area contributed by atoms with Crippen LogP contribution in [0.4, 0.5) is 0 Å². The van der Waals surface area contributed by atoms with Crippen molar-refractivity contribution in [2.75, 3.05) is 20.2 Å². The van der Waals surface area contributed by atoms with E-state index in [1.165, 1.54) is 6.42 Å². The first kappa shape index (κ1) is 13.8. The molecule has 0 unspecified atom stereocenters. The molecule has 18 heavy (non-hydrogen) atoms. The van der Waals surface area contributed by atoms with Gasteiger partial charge in [0.1, 0.15) is 0 Å². The van der Waals surface area contributed by atoms with E-state index in [0.29, 0.717) is 12.5 Å². The van der Waals surface area contributed by atoms with Gasteiger partial charge in [0.15, 0.2) is 0 Å². The van der Waals surface area contributed by atoms with Gasteiger partial charge in [-0.05, 0) is 57.4 Å². The highest BCUT2D eigenvalue weighted by Crippen LogP contribution is 2.34. The summed E-state index contributed by atoms with van der Waals surface area (Å²) in [6, 6.07) is 0. The molecule has 0 saturated heterocycles. The number of nitrogens with two attached hydrogens (primary N) is 1. The van der Waals surface area contributed by atoms with Gasteiger partial charge in [-0.15, -0.1) is 0 Å². The van der Waals surface area contributed by atoms with Gasteiger partial charge in [0.05, 0.1) is 5.60 Å². The smallest absolute Gasteiger partial charge is 0.223 e. The van der Waals surface area contributed by atoms with Crippen LogP contribution in [0.25, 0.3) is 0 Å². The summed E-state index contributed by atoms with van der Waals surface area (Å²) >= 11 is 0. The summed E-state index contributed by atoms with van der Waals surface area (Å²) < 4.78 is 5.51. The minimum absolute atomic E-state index is 0.0654. The molecule has 0 atom stereocenters. The number of carbonyl (C=O) groups excluding carboxylic acids is 1. The lowest BCUT2D eigenvalue weighted by molar-refractivity contribution is -0.129. The Morgan fingerprint density at radius 1 is 1.33 bits per heavy atom. The quantitative estimate of drug-likeness (QED) is 0.780. The summed E-state index contributed by atoms with van der Waals surface area (Å²) in [4.78, 5) is 12.1. The number of amides is 1. The Bertz CT molecular complexity index is 276. The fraction of sp³-hybridized carbons (Fsp3) is 0.929. The molecule has 0 aromatic rings. The molecule has 0 bridgehead atoms. The van der Waals surface area contributed by atoms with Crippen LogP contribution in [0, 0.1) is 11.8 Å². The molecule has 0 aromatic heterocycles. The Morgan fingerprint density at radius 3 is 2.44 bits per heavy atom. The molecule has 0 aliphatic heterocycles. The lowest BCUT2D eigenvalue weighted by atomic mass is 9.79. The Morgan fingerprint density at radius 2 is 2.00 bits per heavy atom. The molecule has 2 saturated carbocycles. The second-order valence-corrected chi connectivity index (χ2v) is 5.91. The molecule has 0 radical (unpaired) electrons. The Kier molecular flexibility index (Phi) is 4.62. The highest BCUT2D eigenvalue weighted by molar-refractivity contribution is 5.78. The number of rotatable bonds is 5. The van der Waals surface area contributed by atoms with Crippen molar-refractivity contribution in [2.45, 2.75) is 50.5 Å². The highest BCUT2D eigenvalue weighted by atomic mass is 16.5. The minimum atomic E-state index is -0.0654. The Hall–Kier alpha value is -0.610. The average molecular weight is 254 g/mol. The molecule has 2 aliphatic carbocycles. The maximum atomic E-state index is 12.1. The summed E-state index contributed by atoms with van der Waals surface area (Å²) in [7, 11) is 1.75. The van der Waals surface area contributed by atoms with Crippen molar-refractivity contribution >= 4 is 5.91 Å². The molecule has 4 heteroatoms. The molecule has 0 heterocycles. The number of ether oxygens (including phenoxy) is 1. The molecule has 0 spiro atoms. The van der Waals surface area contributed by atoms with Crippen LogP contribution in [0.2, 0.25) is 0 Å². The van der Waals surface area contributed by atoms with Crippen LogP contribution in [-0.2, 0) is 9.53 Å². The lowest BCUT2D eigenvalue weighted by Gasteiger charge is -2.41. The number of methoxy groups -OCH3 is 1. The summed E-state index contributed by atoms with van der Waals surface area (Å²) in [6.45, 7) is 1.44. The number of hydrogen-bond donors (Lipinski definition) is 2. The van der Waals surface area contributed by atoms with E-state index >= 15 is 0 Å². The van der Waals surface area contributed by atoms with Crippen LogP contribution in [0.15, 0.2) is 0 Å². The van der Waals surface area contributed by atoms with Crippen molar-refractivity contribution in [1.82, 2.24) is 5.32 Å². The van der Waals surface area contributed by atoms with Gasteiger partial charge in [0.25, 0.3) is 0 Å². The van der Waals surface area contributed by atoms with Gasteiger partial charge in [0.2, 0.25) is 5.91 Å². The highest BCUT2D eigenvalue weighted by Gasteiger charge is 2.37. The SMILES string of the molecule is COC1(CNC(=O)C2CCC(CN)CC2)CCC1. The van der Waals surface area contributed by atoms with Crippen molar-refractivity contribution in [3.63, 3.8) is 0 Å². The van der Waals surface area contributed by atoms with E-state index in [1.807, 2.05) is 0 Å². The van der Waals surface area contributed by atoms with Crippen LogP contribution in [0.1, 0.15) is 44.9 Å². The topological polar surface area (TPSA) is 64.3 Å². The average Bonchev–Trinajstić information content (AvgIpc) is 2.38. The van der Waals surface area contributed by atoms with E-state index in [-0.39, 0.29) is 17.4 Å². The third-order valence-corrected chi connectivity index (χ3v) is 4.83. The Labute approximate surface area is 110 Å². The fourth-order valence-corrected chi connectivity index (χ4v) is 3.08. The van der Waals surface area contributed by atoms with Crippen LogP contribution >= 0.6 is 0 Å². The van der Waals surface area contributed by atoms with Crippen LogP contribution in [-0.4, -0.2) is 31.7 Å². The maximum Gasteiger partial charge on any atom is 0.223 e. The summed E-state index contributed by atoms with van der Waals surface area (Å²) in [5.74, 6) is 1.04. The summed E-state index contributed by atoms with van der Waals surface area (Å²) in [6.07, 6.45) is 7.55. The normalized spacial score (nSPS) is 30.6. The molecule has 2 aliphatic rings. The van der Waals surface area contributed by atoms with Gasteiger partial charge >= 0.3 is 0 Å². The first-order valence-corrected chi connectivity index (χ1v) is 7.22. The molecule has 1 amide bonds. The van der Waals surface area contributed by atoms with Crippen molar-refractivity contribution in [1.29, 1.82) is 0 Å². The second-order valence-electron chi connectivity index (χ2n) is 5.91. The Balaban J connectivity index is 1.72. The lowest BCUT2D eigenvalue weighted by Crippen LogP contribution is -2.50. The molecule has 4 nitrogen and oxygen atoms in total. The zero-order valence-electron chi connectivity index (χ0n) is 11.4. The largest absolute Gasteiger partial charge is 0.376 e. The van der Waals surface area contributed by atoms with E-state index in [2.05, 4.69) is 5.32 Å². The minimum Gasteiger partial charge on any atom is -0.376 e. The maximum absolute atomic E-state index is 12.1. The van der Waals surface area contributed by atoms with Crippen LogP contribution in [0.3, 0.4) is 0 Å². The third-order valence-electron chi connectivity index (χ3n) is 4.83. The summed E-state index contributed by atoms with van der Waals surface area (Å²) in [5, 5.41) is 3.08. The second kappa shape index (κ2) is 6.02. The molecule has 2 rings (SSSR count). The fourth-order valence-electron chi connectivity index (χ4n) is 3.08. The predicted molar refractivity (Wildman–Crippen MR) is 71.1 cm³/mol. The van der Waals surface area contributed by atoms with Crippen molar-refractivity contribution in [3.05, 3.63) is 0 Å². The van der Waals surface area contributed by atoms with E-state index in [9.17, 15) is 4.79 Å². The van der Waals surface area contributed by atoms with Gasteiger partial charge < -0.3 is 15.8 Å². The van der Waals surface area contributed by atoms with Gasteiger partial charge in [-0.2, -0.15) is 0 Å². The van der Waals surface area contributed by atoms with Gasteiger partial charge in [-0.3, -0.25) is 4.79 Å². The monoisotopic (exact) mass is 254 g/mol. The molecule has 2 fully saturated rings. The van der Waals surface area contributed by atoms with Crippen LogP contribution in [0.5, 0.6) is 0 Å². The van der Waals surface area contributed by atoms with Crippen molar-refractivity contribution in [3.8, 4) is 0 Å².